The molecule has 3 aromatic rings. The molecular formula is C28H29N3O5. The summed E-state index contributed by atoms with van der Waals surface area (Å²) in [6.45, 7) is 4.14. The third kappa shape index (κ3) is 4.72. The van der Waals surface area contributed by atoms with Crippen molar-refractivity contribution in [1.82, 2.24) is 4.90 Å². The molecule has 1 saturated heterocycles. The number of hydrogen-bond donors (Lipinski definition) is 1. The Morgan fingerprint density at radius 3 is 2.53 bits per heavy atom. The van der Waals surface area contributed by atoms with Gasteiger partial charge in [-0.2, -0.15) is 0 Å². The van der Waals surface area contributed by atoms with E-state index in [0.717, 1.165) is 22.5 Å². The number of anilines is 2. The highest BCUT2D eigenvalue weighted by molar-refractivity contribution is 6.12. The number of para-hydroxylation sites is 1. The standard InChI is InChI=1S/C28H29N3O5/c1-19-7-10-21(11-8-19)31-27(29-23-6-4-3-5-22(23)28(31)33)20-9-12-24(25(17-20)34-2)36-18-26(32)30-13-15-35-16-14-30/h3-12,17,27,29H,13-16,18H2,1-2H3/t27-/m0/s1. The number of methoxy groups -OCH3 is 1. The minimum Gasteiger partial charge on any atom is -0.493 e. The number of ether oxygens (including phenoxy) is 3. The minimum atomic E-state index is -0.465. The number of fused-ring (bicyclic) bond motifs is 1. The quantitative estimate of drug-likeness (QED) is 0.566. The van der Waals surface area contributed by atoms with Gasteiger partial charge in [-0.1, -0.05) is 35.9 Å². The van der Waals surface area contributed by atoms with Crippen molar-refractivity contribution in [3.05, 3.63) is 83.4 Å². The van der Waals surface area contributed by atoms with E-state index in [1.54, 1.807) is 23.0 Å². The van der Waals surface area contributed by atoms with E-state index in [1.165, 1.54) is 0 Å². The molecule has 186 valence electrons. The van der Waals surface area contributed by atoms with Gasteiger partial charge in [0.25, 0.3) is 11.8 Å². The first kappa shape index (κ1) is 23.7. The second kappa shape index (κ2) is 10.3. The zero-order valence-electron chi connectivity index (χ0n) is 20.4. The van der Waals surface area contributed by atoms with Gasteiger partial charge < -0.3 is 24.4 Å². The summed E-state index contributed by atoms with van der Waals surface area (Å²) in [5.41, 5.74) is 4.10. The molecule has 0 spiro atoms. The van der Waals surface area contributed by atoms with Gasteiger partial charge in [-0.15, -0.1) is 0 Å². The van der Waals surface area contributed by atoms with Crippen LogP contribution in [0.25, 0.3) is 0 Å². The topological polar surface area (TPSA) is 80.3 Å². The zero-order chi connectivity index (χ0) is 25.1. The lowest BCUT2D eigenvalue weighted by molar-refractivity contribution is -0.137. The predicted octanol–water partition coefficient (Wildman–Crippen LogP) is 4.01. The third-order valence-electron chi connectivity index (χ3n) is 6.46. The summed E-state index contributed by atoms with van der Waals surface area (Å²) in [4.78, 5) is 29.6. The molecule has 5 rings (SSSR count). The van der Waals surface area contributed by atoms with Crippen LogP contribution in [0.3, 0.4) is 0 Å². The molecule has 0 bridgehead atoms. The maximum atomic E-state index is 13.6. The van der Waals surface area contributed by atoms with Gasteiger partial charge in [-0.25, -0.2) is 0 Å². The van der Waals surface area contributed by atoms with Crippen molar-refractivity contribution >= 4 is 23.2 Å². The van der Waals surface area contributed by atoms with E-state index in [4.69, 9.17) is 14.2 Å². The summed E-state index contributed by atoms with van der Waals surface area (Å²) in [5.74, 6) is 0.770. The number of benzene rings is 3. The Balaban J connectivity index is 1.43. The Morgan fingerprint density at radius 2 is 1.78 bits per heavy atom. The van der Waals surface area contributed by atoms with Gasteiger partial charge in [0.2, 0.25) is 0 Å². The number of nitrogens with zero attached hydrogens (tertiary/aromatic N) is 2. The van der Waals surface area contributed by atoms with Crippen LogP contribution in [0.4, 0.5) is 11.4 Å². The fourth-order valence-corrected chi connectivity index (χ4v) is 4.48. The normalized spacial score (nSPS) is 17.3. The maximum Gasteiger partial charge on any atom is 0.262 e. The van der Waals surface area contributed by atoms with Crippen LogP contribution in [0.1, 0.15) is 27.7 Å². The van der Waals surface area contributed by atoms with E-state index in [1.807, 2.05) is 67.6 Å². The molecule has 36 heavy (non-hydrogen) atoms. The van der Waals surface area contributed by atoms with Gasteiger partial charge in [-0.05, 0) is 48.9 Å². The summed E-state index contributed by atoms with van der Waals surface area (Å²) in [6.07, 6.45) is -0.465. The van der Waals surface area contributed by atoms with Crippen molar-refractivity contribution in [2.45, 2.75) is 13.1 Å². The van der Waals surface area contributed by atoms with Gasteiger partial charge in [0, 0.05) is 24.5 Å². The highest BCUT2D eigenvalue weighted by atomic mass is 16.5. The van der Waals surface area contributed by atoms with Crippen LogP contribution in [0, 0.1) is 6.92 Å². The minimum absolute atomic E-state index is 0.0846. The highest BCUT2D eigenvalue weighted by Gasteiger charge is 2.34. The van der Waals surface area contributed by atoms with E-state index in [2.05, 4.69) is 5.32 Å². The molecule has 1 atom stereocenters. The van der Waals surface area contributed by atoms with Crippen LogP contribution >= 0.6 is 0 Å². The molecule has 8 heteroatoms. The van der Waals surface area contributed by atoms with Crippen molar-refractivity contribution in [2.75, 3.05) is 50.2 Å². The first-order chi connectivity index (χ1) is 17.5. The Kier molecular flexibility index (Phi) is 6.77. The molecule has 2 aliphatic rings. The van der Waals surface area contributed by atoms with Crippen LogP contribution < -0.4 is 19.7 Å². The van der Waals surface area contributed by atoms with Crippen molar-refractivity contribution < 1.29 is 23.8 Å². The SMILES string of the molecule is COc1cc([C@H]2Nc3ccccc3C(=O)N2c2ccc(C)cc2)ccc1OCC(=O)N1CCOCC1. The molecule has 2 heterocycles. The van der Waals surface area contributed by atoms with Gasteiger partial charge in [0.15, 0.2) is 18.1 Å². The zero-order valence-corrected chi connectivity index (χ0v) is 20.4. The highest BCUT2D eigenvalue weighted by Crippen LogP contribution is 2.39. The molecule has 0 aliphatic carbocycles. The first-order valence-electron chi connectivity index (χ1n) is 12.0. The van der Waals surface area contributed by atoms with Crippen molar-refractivity contribution in [3.8, 4) is 11.5 Å². The number of rotatable bonds is 6. The molecule has 2 amide bonds. The summed E-state index contributed by atoms with van der Waals surface area (Å²) in [6, 6.07) is 20.9. The molecule has 0 aromatic heterocycles. The lowest BCUT2D eigenvalue weighted by atomic mass is 10.0. The average molecular weight is 488 g/mol. The van der Waals surface area contributed by atoms with E-state index in [9.17, 15) is 9.59 Å². The molecule has 1 fully saturated rings. The van der Waals surface area contributed by atoms with Crippen molar-refractivity contribution in [1.29, 1.82) is 0 Å². The summed E-state index contributed by atoms with van der Waals surface area (Å²) in [5, 5.41) is 3.51. The number of amides is 2. The molecule has 8 nitrogen and oxygen atoms in total. The van der Waals surface area contributed by atoms with Gasteiger partial charge >= 0.3 is 0 Å². The monoisotopic (exact) mass is 487 g/mol. The van der Waals surface area contributed by atoms with Gasteiger partial charge in [-0.3, -0.25) is 14.5 Å². The summed E-state index contributed by atoms with van der Waals surface area (Å²) >= 11 is 0. The predicted molar refractivity (Wildman–Crippen MR) is 137 cm³/mol. The molecule has 1 N–H and O–H groups in total. The first-order valence-corrected chi connectivity index (χ1v) is 12.0. The smallest absolute Gasteiger partial charge is 0.262 e. The Labute approximate surface area is 210 Å². The van der Waals surface area contributed by atoms with E-state index >= 15 is 0 Å². The van der Waals surface area contributed by atoms with E-state index in [0.29, 0.717) is 43.4 Å². The van der Waals surface area contributed by atoms with E-state index < -0.39 is 6.17 Å². The number of carbonyl (C=O) groups is 2. The van der Waals surface area contributed by atoms with E-state index in [-0.39, 0.29) is 18.4 Å². The molecular weight excluding hydrogens is 458 g/mol. The Hall–Kier alpha value is -4.04. The van der Waals surface area contributed by atoms with Crippen LogP contribution in [-0.2, 0) is 9.53 Å². The lowest BCUT2D eigenvalue weighted by Crippen LogP contribution is -2.43. The second-order valence-electron chi connectivity index (χ2n) is 8.80. The fraction of sp³-hybridized carbons (Fsp3) is 0.286. The maximum absolute atomic E-state index is 13.6. The van der Waals surface area contributed by atoms with Crippen LogP contribution in [0.15, 0.2) is 66.7 Å². The summed E-state index contributed by atoms with van der Waals surface area (Å²) < 4.78 is 16.7. The lowest BCUT2D eigenvalue weighted by Gasteiger charge is -2.38. The van der Waals surface area contributed by atoms with Gasteiger partial charge in [0.1, 0.15) is 6.17 Å². The number of morpholine rings is 1. The summed E-state index contributed by atoms with van der Waals surface area (Å²) in [7, 11) is 1.56. The van der Waals surface area contributed by atoms with Crippen LogP contribution in [-0.4, -0.2) is 56.7 Å². The Morgan fingerprint density at radius 1 is 1.03 bits per heavy atom. The molecule has 0 radical (unpaired) electrons. The largest absolute Gasteiger partial charge is 0.493 e. The number of carbonyl (C=O) groups excluding carboxylic acids is 2. The Bertz CT molecular complexity index is 1250. The molecule has 3 aromatic carbocycles. The van der Waals surface area contributed by atoms with Gasteiger partial charge in [0.05, 0.1) is 25.9 Å². The van der Waals surface area contributed by atoms with Crippen molar-refractivity contribution in [2.24, 2.45) is 0 Å². The third-order valence-corrected chi connectivity index (χ3v) is 6.46. The number of hydrogen-bond acceptors (Lipinski definition) is 6. The molecule has 0 unspecified atom stereocenters. The van der Waals surface area contributed by atoms with Crippen molar-refractivity contribution in [3.63, 3.8) is 0 Å². The number of nitrogens with one attached hydrogen (secondary N) is 1. The second-order valence-corrected chi connectivity index (χ2v) is 8.80. The fourth-order valence-electron chi connectivity index (χ4n) is 4.48. The molecule has 0 saturated carbocycles. The molecule has 2 aliphatic heterocycles. The van der Waals surface area contributed by atoms with Crippen LogP contribution in [0.2, 0.25) is 0 Å². The number of aryl methyl sites for hydroxylation is 1. The average Bonchev–Trinajstić information content (AvgIpc) is 2.92. The van der Waals surface area contributed by atoms with Crippen LogP contribution in [0.5, 0.6) is 11.5 Å².